The molecule has 29 heavy (non-hydrogen) atoms. The van der Waals surface area contributed by atoms with Crippen molar-refractivity contribution in [1.29, 1.82) is 0 Å². The van der Waals surface area contributed by atoms with E-state index in [0.29, 0.717) is 33.3 Å². The monoisotopic (exact) mass is 429 g/mol. The van der Waals surface area contributed by atoms with E-state index in [1.807, 2.05) is 0 Å². The van der Waals surface area contributed by atoms with Gasteiger partial charge in [-0.3, -0.25) is 9.59 Å². The minimum absolute atomic E-state index is 0.132. The zero-order valence-corrected chi connectivity index (χ0v) is 17.0. The molecule has 0 fully saturated rings. The average Bonchev–Trinajstić information content (AvgIpc) is 2.72. The van der Waals surface area contributed by atoms with Gasteiger partial charge in [-0.2, -0.15) is 0 Å². The van der Waals surface area contributed by atoms with Crippen molar-refractivity contribution >= 4 is 40.6 Å². The zero-order valence-electron chi connectivity index (χ0n) is 15.4. The Labute approximate surface area is 178 Å². The zero-order chi connectivity index (χ0) is 20.8. The number of benzene rings is 3. The van der Waals surface area contributed by atoms with Gasteiger partial charge in [-0.25, -0.2) is 0 Å². The summed E-state index contributed by atoms with van der Waals surface area (Å²) < 4.78 is 10.6. The summed E-state index contributed by atoms with van der Waals surface area (Å²) in [4.78, 5) is 24.7. The van der Waals surface area contributed by atoms with E-state index >= 15 is 0 Å². The van der Waals surface area contributed by atoms with Crippen LogP contribution in [0.4, 0.5) is 5.69 Å². The molecule has 0 aliphatic carbocycles. The van der Waals surface area contributed by atoms with E-state index in [1.165, 1.54) is 6.07 Å². The molecule has 0 radical (unpaired) electrons. The van der Waals surface area contributed by atoms with Crippen LogP contribution < -0.4 is 14.8 Å². The number of ketones is 1. The summed E-state index contributed by atoms with van der Waals surface area (Å²) in [7, 11) is 1.56. The van der Waals surface area contributed by atoms with Crippen molar-refractivity contribution in [3.63, 3.8) is 0 Å². The summed E-state index contributed by atoms with van der Waals surface area (Å²) in [6, 6.07) is 18.2. The van der Waals surface area contributed by atoms with E-state index in [-0.39, 0.29) is 23.3 Å². The second kappa shape index (κ2) is 9.45. The van der Waals surface area contributed by atoms with Crippen LogP contribution in [0.3, 0.4) is 0 Å². The third-order valence-corrected chi connectivity index (χ3v) is 4.60. The number of methoxy groups -OCH3 is 1. The lowest BCUT2D eigenvalue weighted by Crippen LogP contribution is -2.13. The second-order valence-corrected chi connectivity index (χ2v) is 6.89. The average molecular weight is 430 g/mol. The predicted octanol–water partition coefficient (Wildman–Crippen LogP) is 5.52. The molecule has 0 heterocycles. The molecular formula is C22H17Cl2NO4. The Hall–Kier alpha value is -3.02. The molecule has 1 N–H and O–H groups in total. The summed E-state index contributed by atoms with van der Waals surface area (Å²) in [5.41, 5.74) is 1.33. The highest BCUT2D eigenvalue weighted by Crippen LogP contribution is 2.23. The third kappa shape index (κ3) is 5.50. The van der Waals surface area contributed by atoms with Gasteiger partial charge >= 0.3 is 0 Å². The predicted molar refractivity (Wildman–Crippen MR) is 114 cm³/mol. The Morgan fingerprint density at radius 1 is 0.931 bits per heavy atom. The summed E-state index contributed by atoms with van der Waals surface area (Å²) in [6.45, 7) is -0.132. The first kappa shape index (κ1) is 20.7. The highest BCUT2D eigenvalue weighted by molar-refractivity contribution is 6.37. The highest BCUT2D eigenvalue weighted by atomic mass is 35.5. The number of ether oxygens (including phenoxy) is 2. The molecule has 148 valence electrons. The van der Waals surface area contributed by atoms with Crippen LogP contribution in [-0.2, 0) is 0 Å². The Morgan fingerprint density at radius 2 is 1.69 bits per heavy atom. The highest BCUT2D eigenvalue weighted by Gasteiger charge is 2.12. The fourth-order valence-electron chi connectivity index (χ4n) is 2.54. The van der Waals surface area contributed by atoms with Crippen molar-refractivity contribution in [2.45, 2.75) is 0 Å². The maximum atomic E-state index is 12.4. The first-order valence-corrected chi connectivity index (χ1v) is 9.38. The number of rotatable bonds is 7. The molecule has 0 aliphatic rings. The molecule has 3 aromatic rings. The van der Waals surface area contributed by atoms with Crippen LogP contribution in [-0.4, -0.2) is 25.4 Å². The molecule has 1 amide bonds. The van der Waals surface area contributed by atoms with E-state index in [0.717, 1.165) is 0 Å². The van der Waals surface area contributed by atoms with Gasteiger partial charge in [-0.05, 0) is 54.6 Å². The lowest BCUT2D eigenvalue weighted by Gasteiger charge is -2.10. The second-order valence-electron chi connectivity index (χ2n) is 6.05. The molecular weight excluding hydrogens is 413 g/mol. The lowest BCUT2D eigenvalue weighted by molar-refractivity contribution is 0.0920. The Kier molecular flexibility index (Phi) is 6.75. The van der Waals surface area contributed by atoms with Crippen LogP contribution in [0.5, 0.6) is 11.5 Å². The van der Waals surface area contributed by atoms with Gasteiger partial charge in [0.05, 0.1) is 17.7 Å². The van der Waals surface area contributed by atoms with E-state index in [2.05, 4.69) is 5.32 Å². The lowest BCUT2D eigenvalue weighted by atomic mass is 10.1. The molecule has 0 spiro atoms. The summed E-state index contributed by atoms with van der Waals surface area (Å²) in [5, 5.41) is 3.45. The Morgan fingerprint density at radius 3 is 2.38 bits per heavy atom. The summed E-state index contributed by atoms with van der Waals surface area (Å²) >= 11 is 11.9. The fraction of sp³-hybridized carbons (Fsp3) is 0.0909. The molecule has 0 aromatic heterocycles. The van der Waals surface area contributed by atoms with Crippen molar-refractivity contribution < 1.29 is 19.1 Å². The Bertz CT molecular complexity index is 1040. The number of carbonyl (C=O) groups is 2. The molecule has 3 rings (SSSR count). The molecule has 7 heteroatoms. The number of hydrogen-bond donors (Lipinski definition) is 1. The third-order valence-electron chi connectivity index (χ3n) is 4.05. The minimum atomic E-state index is -0.377. The number of hydrogen-bond acceptors (Lipinski definition) is 4. The standard InChI is InChI=1S/C22H17Cl2NO4/c1-28-17-8-5-14(6-9-17)21(26)13-29-18-4-2-3-16(12-18)25-22(27)19-10-7-15(23)11-20(19)24/h2-12H,13H2,1H3,(H,25,27). The van der Waals surface area contributed by atoms with Gasteiger partial charge in [0.15, 0.2) is 12.4 Å². The Balaban J connectivity index is 1.63. The number of nitrogens with one attached hydrogen (secondary N) is 1. The van der Waals surface area contributed by atoms with Crippen LogP contribution in [0, 0.1) is 0 Å². The van der Waals surface area contributed by atoms with E-state index in [1.54, 1.807) is 67.8 Å². The van der Waals surface area contributed by atoms with Gasteiger partial charge in [-0.15, -0.1) is 0 Å². The van der Waals surface area contributed by atoms with Crippen molar-refractivity contribution in [3.05, 3.63) is 87.9 Å². The number of halogens is 2. The van der Waals surface area contributed by atoms with E-state index in [4.69, 9.17) is 32.7 Å². The topological polar surface area (TPSA) is 64.6 Å². The van der Waals surface area contributed by atoms with Crippen LogP contribution in [0.1, 0.15) is 20.7 Å². The SMILES string of the molecule is COc1ccc(C(=O)COc2cccc(NC(=O)c3ccc(Cl)cc3Cl)c2)cc1. The van der Waals surface area contributed by atoms with Gasteiger partial charge in [0.2, 0.25) is 0 Å². The number of amides is 1. The maximum absolute atomic E-state index is 12.4. The van der Waals surface area contributed by atoms with Crippen LogP contribution in [0.25, 0.3) is 0 Å². The fourth-order valence-corrected chi connectivity index (χ4v) is 3.04. The normalized spacial score (nSPS) is 10.3. The van der Waals surface area contributed by atoms with E-state index in [9.17, 15) is 9.59 Å². The molecule has 0 unspecified atom stereocenters. The van der Waals surface area contributed by atoms with Crippen LogP contribution in [0.15, 0.2) is 66.7 Å². The number of anilines is 1. The van der Waals surface area contributed by atoms with Crippen LogP contribution >= 0.6 is 23.2 Å². The largest absolute Gasteiger partial charge is 0.497 e. The van der Waals surface area contributed by atoms with Gasteiger partial charge < -0.3 is 14.8 Å². The van der Waals surface area contributed by atoms with Crippen molar-refractivity contribution in [3.8, 4) is 11.5 Å². The molecule has 3 aromatic carbocycles. The van der Waals surface area contributed by atoms with Gasteiger partial charge in [-0.1, -0.05) is 29.3 Å². The molecule has 0 aliphatic heterocycles. The minimum Gasteiger partial charge on any atom is -0.497 e. The maximum Gasteiger partial charge on any atom is 0.257 e. The molecule has 0 atom stereocenters. The summed E-state index contributed by atoms with van der Waals surface area (Å²) in [5.74, 6) is 0.576. The van der Waals surface area contributed by atoms with Gasteiger partial charge in [0, 0.05) is 22.3 Å². The summed E-state index contributed by atoms with van der Waals surface area (Å²) in [6.07, 6.45) is 0. The quantitative estimate of drug-likeness (QED) is 0.502. The first-order chi connectivity index (χ1) is 14.0. The van der Waals surface area contributed by atoms with Crippen molar-refractivity contribution in [2.75, 3.05) is 19.0 Å². The van der Waals surface area contributed by atoms with Crippen molar-refractivity contribution in [2.24, 2.45) is 0 Å². The molecule has 0 bridgehead atoms. The smallest absolute Gasteiger partial charge is 0.257 e. The van der Waals surface area contributed by atoms with Gasteiger partial charge in [0.25, 0.3) is 5.91 Å². The van der Waals surface area contributed by atoms with Gasteiger partial charge in [0.1, 0.15) is 11.5 Å². The molecule has 0 saturated carbocycles. The molecule has 5 nitrogen and oxygen atoms in total. The van der Waals surface area contributed by atoms with Crippen LogP contribution in [0.2, 0.25) is 10.0 Å². The number of carbonyl (C=O) groups excluding carboxylic acids is 2. The molecule has 0 saturated heterocycles. The number of Topliss-reactive ketones (excluding diaryl/α,β-unsaturated/α-hetero) is 1. The van der Waals surface area contributed by atoms with E-state index < -0.39 is 0 Å². The first-order valence-electron chi connectivity index (χ1n) is 8.63. The van der Waals surface area contributed by atoms with Crippen molar-refractivity contribution in [1.82, 2.24) is 0 Å².